The molecule has 2 aromatic rings. The van der Waals surface area contributed by atoms with Crippen molar-refractivity contribution in [2.75, 3.05) is 6.79 Å². The molecule has 0 spiro atoms. The second-order valence-corrected chi connectivity index (χ2v) is 8.19. The lowest BCUT2D eigenvalue weighted by Crippen LogP contribution is -2.49. The van der Waals surface area contributed by atoms with Crippen LogP contribution in [0.15, 0.2) is 42.5 Å². The molecule has 31 heavy (non-hydrogen) atoms. The van der Waals surface area contributed by atoms with Crippen molar-refractivity contribution in [1.29, 1.82) is 0 Å². The molecular weight excluding hydrogens is 392 g/mol. The summed E-state index contributed by atoms with van der Waals surface area (Å²) < 4.78 is 10.8. The van der Waals surface area contributed by atoms with Crippen molar-refractivity contribution in [2.45, 2.75) is 65.6 Å². The minimum Gasteiger partial charge on any atom is -0.454 e. The fourth-order valence-corrected chi connectivity index (χ4v) is 3.43. The summed E-state index contributed by atoms with van der Waals surface area (Å²) >= 11 is 0. The number of carbonyl (C=O) groups is 2. The van der Waals surface area contributed by atoms with Gasteiger partial charge in [-0.05, 0) is 56.9 Å². The fourth-order valence-electron chi connectivity index (χ4n) is 3.43. The fraction of sp³-hybridized carbons (Fsp3) is 0.440. The Hall–Kier alpha value is -3.02. The maximum absolute atomic E-state index is 13.2. The van der Waals surface area contributed by atoms with Crippen LogP contribution in [0.25, 0.3) is 0 Å². The van der Waals surface area contributed by atoms with E-state index in [1.54, 1.807) is 11.8 Å². The molecule has 0 radical (unpaired) electrons. The standard InChI is InChI=1S/C25H32N2O4/c1-5-18(3)26-25(29)19(4)27(15-21-8-6-17(2)7-9-21)24(28)13-11-20-10-12-22-23(14-20)31-16-30-22/h6-10,12,14,18-19H,5,11,13,15-16H2,1-4H3,(H,26,29)/t18-,19+/m0/s1. The van der Waals surface area contributed by atoms with Crippen LogP contribution in [0.3, 0.4) is 0 Å². The van der Waals surface area contributed by atoms with Crippen LogP contribution in [-0.2, 0) is 22.6 Å². The Morgan fingerprint density at radius 1 is 1.03 bits per heavy atom. The highest BCUT2D eigenvalue weighted by molar-refractivity contribution is 5.87. The summed E-state index contributed by atoms with van der Waals surface area (Å²) in [6.07, 6.45) is 1.72. The number of ether oxygens (including phenoxy) is 2. The monoisotopic (exact) mass is 424 g/mol. The number of benzene rings is 2. The van der Waals surface area contributed by atoms with Crippen molar-refractivity contribution in [1.82, 2.24) is 10.2 Å². The molecule has 0 aromatic heterocycles. The van der Waals surface area contributed by atoms with E-state index in [-0.39, 0.29) is 24.6 Å². The van der Waals surface area contributed by atoms with Gasteiger partial charge < -0.3 is 19.7 Å². The minimum absolute atomic E-state index is 0.0509. The number of hydrogen-bond acceptors (Lipinski definition) is 4. The van der Waals surface area contributed by atoms with Gasteiger partial charge >= 0.3 is 0 Å². The van der Waals surface area contributed by atoms with Crippen molar-refractivity contribution in [3.8, 4) is 11.5 Å². The van der Waals surface area contributed by atoms with E-state index >= 15 is 0 Å². The summed E-state index contributed by atoms with van der Waals surface area (Å²) in [6, 6.07) is 13.3. The van der Waals surface area contributed by atoms with Crippen molar-refractivity contribution in [3.05, 3.63) is 59.2 Å². The van der Waals surface area contributed by atoms with E-state index in [1.807, 2.05) is 63.2 Å². The van der Waals surface area contributed by atoms with Gasteiger partial charge in [-0.15, -0.1) is 0 Å². The Morgan fingerprint density at radius 2 is 1.71 bits per heavy atom. The van der Waals surface area contributed by atoms with Gasteiger partial charge in [0, 0.05) is 19.0 Å². The lowest BCUT2D eigenvalue weighted by atomic mass is 10.1. The lowest BCUT2D eigenvalue weighted by Gasteiger charge is -2.30. The summed E-state index contributed by atoms with van der Waals surface area (Å²) in [7, 11) is 0. The molecule has 2 amide bonds. The van der Waals surface area contributed by atoms with Crippen molar-refractivity contribution < 1.29 is 19.1 Å². The molecular formula is C25H32N2O4. The molecule has 3 rings (SSSR count). The zero-order valence-electron chi connectivity index (χ0n) is 18.8. The normalized spacial score (nSPS) is 14.1. The van der Waals surface area contributed by atoms with Crippen LogP contribution in [0.5, 0.6) is 11.5 Å². The van der Waals surface area contributed by atoms with E-state index in [9.17, 15) is 9.59 Å². The van der Waals surface area contributed by atoms with E-state index in [2.05, 4.69) is 5.32 Å². The van der Waals surface area contributed by atoms with E-state index < -0.39 is 6.04 Å². The molecule has 6 heteroatoms. The van der Waals surface area contributed by atoms with Crippen LogP contribution in [0.1, 0.15) is 50.3 Å². The van der Waals surface area contributed by atoms with Gasteiger partial charge in [0.2, 0.25) is 18.6 Å². The van der Waals surface area contributed by atoms with E-state index in [4.69, 9.17) is 9.47 Å². The Labute approximate surface area is 184 Å². The zero-order chi connectivity index (χ0) is 22.4. The van der Waals surface area contributed by atoms with Gasteiger partial charge in [-0.1, -0.05) is 42.8 Å². The zero-order valence-corrected chi connectivity index (χ0v) is 18.8. The predicted octanol–water partition coefficient (Wildman–Crippen LogP) is 3.99. The van der Waals surface area contributed by atoms with Gasteiger partial charge in [-0.3, -0.25) is 9.59 Å². The van der Waals surface area contributed by atoms with Gasteiger partial charge in [0.05, 0.1) is 0 Å². The number of nitrogens with zero attached hydrogens (tertiary/aromatic N) is 1. The first-order chi connectivity index (χ1) is 14.9. The average molecular weight is 425 g/mol. The molecule has 1 N–H and O–H groups in total. The third-order valence-corrected chi connectivity index (χ3v) is 5.71. The molecule has 6 nitrogen and oxygen atoms in total. The first-order valence-corrected chi connectivity index (χ1v) is 10.9. The van der Waals surface area contributed by atoms with E-state index in [1.165, 1.54) is 0 Å². The van der Waals surface area contributed by atoms with Crippen LogP contribution < -0.4 is 14.8 Å². The number of nitrogens with one attached hydrogen (secondary N) is 1. The van der Waals surface area contributed by atoms with Crippen LogP contribution >= 0.6 is 0 Å². The Bertz CT molecular complexity index is 910. The molecule has 0 unspecified atom stereocenters. The highest BCUT2D eigenvalue weighted by Crippen LogP contribution is 2.32. The number of amides is 2. The maximum Gasteiger partial charge on any atom is 0.242 e. The molecule has 166 valence electrons. The summed E-state index contributed by atoms with van der Waals surface area (Å²) in [5, 5.41) is 3.00. The van der Waals surface area contributed by atoms with Gasteiger partial charge in [-0.25, -0.2) is 0 Å². The van der Waals surface area contributed by atoms with Crippen molar-refractivity contribution in [2.24, 2.45) is 0 Å². The van der Waals surface area contributed by atoms with Crippen LogP contribution in [0, 0.1) is 6.92 Å². The number of rotatable bonds is 9. The largest absolute Gasteiger partial charge is 0.454 e. The Morgan fingerprint density at radius 3 is 2.42 bits per heavy atom. The first-order valence-electron chi connectivity index (χ1n) is 10.9. The molecule has 0 saturated carbocycles. The minimum atomic E-state index is -0.556. The van der Waals surface area contributed by atoms with Crippen molar-refractivity contribution in [3.63, 3.8) is 0 Å². The molecule has 2 atom stereocenters. The van der Waals surface area contributed by atoms with Crippen LogP contribution in [0.2, 0.25) is 0 Å². The molecule has 1 heterocycles. The second-order valence-electron chi connectivity index (χ2n) is 8.19. The van der Waals surface area contributed by atoms with Gasteiger partial charge in [0.25, 0.3) is 0 Å². The number of hydrogen-bond donors (Lipinski definition) is 1. The molecule has 0 aliphatic carbocycles. The molecule has 1 aliphatic heterocycles. The maximum atomic E-state index is 13.2. The molecule has 0 fully saturated rings. The molecule has 2 aromatic carbocycles. The number of aryl methyl sites for hydroxylation is 2. The third kappa shape index (κ3) is 6.00. The number of fused-ring (bicyclic) bond motifs is 1. The highest BCUT2D eigenvalue weighted by atomic mass is 16.7. The molecule has 0 saturated heterocycles. The summed E-state index contributed by atoms with van der Waals surface area (Å²) in [5.41, 5.74) is 3.17. The summed E-state index contributed by atoms with van der Waals surface area (Å²) in [5.74, 6) is 1.26. The predicted molar refractivity (Wildman–Crippen MR) is 120 cm³/mol. The Kier molecular flexibility index (Phi) is 7.55. The van der Waals surface area contributed by atoms with Gasteiger partial charge in [0.1, 0.15) is 6.04 Å². The first kappa shape index (κ1) is 22.7. The summed E-state index contributed by atoms with van der Waals surface area (Å²) in [6.45, 7) is 8.44. The summed E-state index contributed by atoms with van der Waals surface area (Å²) in [4.78, 5) is 27.7. The lowest BCUT2D eigenvalue weighted by molar-refractivity contribution is -0.140. The third-order valence-electron chi connectivity index (χ3n) is 5.71. The highest BCUT2D eigenvalue weighted by Gasteiger charge is 2.26. The quantitative estimate of drug-likeness (QED) is 0.661. The van der Waals surface area contributed by atoms with Gasteiger partial charge in [0.15, 0.2) is 11.5 Å². The average Bonchev–Trinajstić information content (AvgIpc) is 3.24. The smallest absolute Gasteiger partial charge is 0.242 e. The SMILES string of the molecule is CC[C@H](C)NC(=O)[C@@H](C)N(Cc1ccc(C)cc1)C(=O)CCc1ccc2c(c1)OCO2. The van der Waals surface area contributed by atoms with E-state index in [0.29, 0.717) is 25.1 Å². The second kappa shape index (κ2) is 10.3. The van der Waals surface area contributed by atoms with Gasteiger partial charge in [-0.2, -0.15) is 0 Å². The van der Waals surface area contributed by atoms with E-state index in [0.717, 1.165) is 28.9 Å². The molecule has 0 bridgehead atoms. The van der Waals surface area contributed by atoms with Crippen LogP contribution in [0.4, 0.5) is 0 Å². The Balaban J connectivity index is 1.71. The topological polar surface area (TPSA) is 67.9 Å². The number of carbonyl (C=O) groups excluding carboxylic acids is 2. The van der Waals surface area contributed by atoms with Crippen molar-refractivity contribution >= 4 is 11.8 Å². The van der Waals surface area contributed by atoms with Crippen LogP contribution in [-0.4, -0.2) is 35.6 Å². The molecule has 1 aliphatic rings.